The topological polar surface area (TPSA) is 114 Å². The quantitative estimate of drug-likeness (QED) is 0.384. The number of anilines is 1. The van der Waals surface area contributed by atoms with Crippen LogP contribution in [-0.4, -0.2) is 30.3 Å². The summed E-state index contributed by atoms with van der Waals surface area (Å²) in [5, 5.41) is 3.00. The number of hydrogen-bond donors (Lipinski definition) is 3. The average Bonchev–Trinajstić information content (AvgIpc) is 2.77. The molecule has 0 aliphatic carbocycles. The van der Waals surface area contributed by atoms with Gasteiger partial charge in [-0.1, -0.05) is 54.1 Å². The smallest absolute Gasteiger partial charge is 0.306 e. The van der Waals surface area contributed by atoms with Crippen LogP contribution in [0, 0.1) is 0 Å². The molecule has 0 aliphatic rings. The predicted molar refractivity (Wildman–Crippen MR) is 116 cm³/mol. The maximum Gasteiger partial charge on any atom is 0.306 e. The van der Waals surface area contributed by atoms with Crippen LogP contribution >= 0.6 is 11.6 Å². The van der Waals surface area contributed by atoms with Crippen molar-refractivity contribution in [1.82, 2.24) is 10.9 Å². The molecule has 0 spiro atoms. The highest BCUT2D eigenvalue weighted by Gasteiger charge is 2.11. The Kier molecular flexibility index (Phi) is 10.0. The zero-order valence-corrected chi connectivity index (χ0v) is 17.6. The fraction of sp³-hybridized carbons (Fsp3) is 0.273. The molecule has 0 radical (unpaired) electrons. The van der Waals surface area contributed by atoms with E-state index < -0.39 is 17.8 Å². The van der Waals surface area contributed by atoms with Crippen LogP contribution in [0.2, 0.25) is 5.02 Å². The van der Waals surface area contributed by atoms with Crippen molar-refractivity contribution in [2.45, 2.75) is 32.1 Å². The molecule has 0 unspecified atom stereocenters. The number of carbonyl (C=O) groups excluding carboxylic acids is 4. The standard InChI is InChI=1S/C22H24ClN3O5/c23-17-8-4-5-9-18(17)24-19(27)10-11-20(28)25-26-21(29)12-13-22(30)31-15-14-16-6-2-1-3-7-16/h1-9H,10-15H2,(H,24,27)(H,25,28)(H,26,29). The molecule has 164 valence electrons. The number of benzene rings is 2. The van der Waals surface area contributed by atoms with E-state index in [9.17, 15) is 19.2 Å². The Balaban J connectivity index is 1.54. The summed E-state index contributed by atoms with van der Waals surface area (Å²) in [6.45, 7) is 0.234. The number of amides is 3. The molecule has 2 aromatic carbocycles. The van der Waals surface area contributed by atoms with Crippen LogP contribution in [0.1, 0.15) is 31.2 Å². The van der Waals surface area contributed by atoms with Crippen LogP contribution in [0.5, 0.6) is 0 Å². The lowest BCUT2D eigenvalue weighted by Gasteiger charge is -2.09. The maximum atomic E-state index is 11.9. The zero-order valence-electron chi connectivity index (χ0n) is 16.9. The van der Waals surface area contributed by atoms with E-state index in [2.05, 4.69) is 16.2 Å². The van der Waals surface area contributed by atoms with E-state index in [1.165, 1.54) is 0 Å². The second-order valence-corrected chi connectivity index (χ2v) is 6.99. The van der Waals surface area contributed by atoms with E-state index in [0.29, 0.717) is 17.1 Å². The molecule has 0 atom stereocenters. The SMILES string of the molecule is O=C(CCC(=O)Nc1ccccc1Cl)NNC(=O)CCC(=O)OCCc1ccccc1. The normalized spacial score (nSPS) is 10.1. The van der Waals surface area contributed by atoms with E-state index >= 15 is 0 Å². The summed E-state index contributed by atoms with van der Waals surface area (Å²) >= 11 is 5.95. The van der Waals surface area contributed by atoms with Gasteiger partial charge >= 0.3 is 5.97 Å². The summed E-state index contributed by atoms with van der Waals surface area (Å²) in [5.74, 6) is -1.94. The van der Waals surface area contributed by atoms with E-state index in [4.69, 9.17) is 16.3 Å². The van der Waals surface area contributed by atoms with E-state index in [-0.39, 0.29) is 38.2 Å². The molecule has 3 amide bonds. The van der Waals surface area contributed by atoms with E-state index in [0.717, 1.165) is 5.56 Å². The van der Waals surface area contributed by atoms with Crippen molar-refractivity contribution in [3.63, 3.8) is 0 Å². The Morgan fingerprint density at radius 3 is 2.00 bits per heavy atom. The molecule has 0 fully saturated rings. The van der Waals surface area contributed by atoms with Gasteiger partial charge in [-0.3, -0.25) is 30.0 Å². The van der Waals surface area contributed by atoms with Crippen molar-refractivity contribution in [2.75, 3.05) is 11.9 Å². The highest BCUT2D eigenvalue weighted by atomic mass is 35.5. The number of hydrazine groups is 1. The van der Waals surface area contributed by atoms with Gasteiger partial charge in [-0.15, -0.1) is 0 Å². The molecule has 9 heteroatoms. The van der Waals surface area contributed by atoms with Crippen molar-refractivity contribution in [3.05, 3.63) is 65.2 Å². The Hall–Kier alpha value is -3.39. The van der Waals surface area contributed by atoms with Crippen molar-refractivity contribution in [3.8, 4) is 0 Å². The summed E-state index contributed by atoms with van der Waals surface area (Å²) in [4.78, 5) is 47.1. The Morgan fingerprint density at radius 1 is 0.742 bits per heavy atom. The van der Waals surface area contributed by atoms with Gasteiger partial charge in [0, 0.05) is 25.7 Å². The first-order valence-electron chi connectivity index (χ1n) is 9.75. The minimum Gasteiger partial charge on any atom is -0.465 e. The molecule has 2 aromatic rings. The lowest BCUT2D eigenvalue weighted by atomic mass is 10.2. The van der Waals surface area contributed by atoms with Crippen molar-refractivity contribution >= 4 is 41.0 Å². The molecule has 3 N–H and O–H groups in total. The Morgan fingerprint density at radius 2 is 1.32 bits per heavy atom. The molecule has 0 aliphatic heterocycles. The first-order chi connectivity index (χ1) is 14.9. The number of ether oxygens (including phenoxy) is 1. The molecule has 8 nitrogen and oxygen atoms in total. The first kappa shape index (κ1) is 23.9. The number of carbonyl (C=O) groups is 4. The number of esters is 1. The Bertz CT molecular complexity index is 905. The van der Waals surface area contributed by atoms with E-state index in [1.54, 1.807) is 24.3 Å². The van der Waals surface area contributed by atoms with Gasteiger partial charge in [-0.2, -0.15) is 0 Å². The summed E-state index contributed by atoms with van der Waals surface area (Å²) in [6.07, 6.45) is 0.159. The van der Waals surface area contributed by atoms with Crippen LogP contribution in [-0.2, 0) is 30.3 Å². The number of rotatable bonds is 10. The number of para-hydroxylation sites is 1. The lowest BCUT2D eigenvalue weighted by molar-refractivity contribution is -0.145. The minimum absolute atomic E-state index is 0.0827. The van der Waals surface area contributed by atoms with Gasteiger partial charge < -0.3 is 10.1 Å². The largest absolute Gasteiger partial charge is 0.465 e. The Labute approximate surface area is 185 Å². The van der Waals surface area contributed by atoms with Crippen LogP contribution in [0.25, 0.3) is 0 Å². The van der Waals surface area contributed by atoms with Crippen molar-refractivity contribution in [2.24, 2.45) is 0 Å². The third kappa shape index (κ3) is 9.77. The average molecular weight is 446 g/mol. The molecule has 0 saturated heterocycles. The third-order valence-corrected chi connectivity index (χ3v) is 4.45. The number of nitrogens with one attached hydrogen (secondary N) is 3. The molecule has 2 rings (SSSR count). The first-order valence-corrected chi connectivity index (χ1v) is 10.1. The van der Waals surface area contributed by atoms with Gasteiger partial charge in [0.05, 0.1) is 23.7 Å². The van der Waals surface area contributed by atoms with E-state index in [1.807, 2.05) is 30.3 Å². The summed E-state index contributed by atoms with van der Waals surface area (Å²) in [5.41, 5.74) is 5.92. The van der Waals surface area contributed by atoms with Gasteiger partial charge in [-0.25, -0.2) is 0 Å². The molecule has 0 bridgehead atoms. The van der Waals surface area contributed by atoms with Gasteiger partial charge in [0.1, 0.15) is 0 Å². The van der Waals surface area contributed by atoms with Crippen LogP contribution in [0.15, 0.2) is 54.6 Å². The summed E-state index contributed by atoms with van der Waals surface area (Å²) in [7, 11) is 0. The predicted octanol–water partition coefficient (Wildman–Crippen LogP) is 2.77. The minimum atomic E-state index is -0.534. The third-order valence-electron chi connectivity index (χ3n) is 4.12. The van der Waals surface area contributed by atoms with Gasteiger partial charge in [0.15, 0.2) is 0 Å². The highest BCUT2D eigenvalue weighted by Crippen LogP contribution is 2.20. The molecule has 31 heavy (non-hydrogen) atoms. The van der Waals surface area contributed by atoms with Crippen LogP contribution in [0.4, 0.5) is 5.69 Å². The van der Waals surface area contributed by atoms with Crippen LogP contribution in [0.3, 0.4) is 0 Å². The summed E-state index contributed by atoms with van der Waals surface area (Å²) < 4.78 is 5.08. The van der Waals surface area contributed by atoms with Crippen molar-refractivity contribution in [1.29, 1.82) is 0 Å². The lowest BCUT2D eigenvalue weighted by Crippen LogP contribution is -2.41. The van der Waals surface area contributed by atoms with Gasteiger partial charge in [0.2, 0.25) is 17.7 Å². The highest BCUT2D eigenvalue weighted by molar-refractivity contribution is 6.33. The molecule has 0 heterocycles. The molecular formula is C22H24ClN3O5. The molecular weight excluding hydrogens is 422 g/mol. The number of halogens is 1. The fourth-order valence-corrected chi connectivity index (χ4v) is 2.66. The molecule has 0 saturated carbocycles. The van der Waals surface area contributed by atoms with Gasteiger partial charge in [0.25, 0.3) is 0 Å². The molecule has 0 aromatic heterocycles. The monoisotopic (exact) mass is 445 g/mol. The fourth-order valence-electron chi connectivity index (χ4n) is 2.48. The number of hydrogen-bond acceptors (Lipinski definition) is 5. The zero-order chi connectivity index (χ0) is 22.5. The summed E-state index contributed by atoms with van der Waals surface area (Å²) in [6, 6.07) is 16.3. The second-order valence-electron chi connectivity index (χ2n) is 6.58. The second kappa shape index (κ2) is 13.0. The maximum absolute atomic E-state index is 11.9. The van der Waals surface area contributed by atoms with Crippen molar-refractivity contribution < 1.29 is 23.9 Å². The van der Waals surface area contributed by atoms with Gasteiger partial charge in [-0.05, 0) is 17.7 Å². The van der Waals surface area contributed by atoms with Crippen LogP contribution < -0.4 is 16.2 Å².